The Bertz CT molecular complexity index is 523. The number of carbonyl (C=O) groups excluding carboxylic acids is 2. The number of carbonyl (C=O) groups is 2. The number of allylic oxidation sites excluding steroid dienone is 2. The fourth-order valence-electron chi connectivity index (χ4n) is 2.27. The number of hydrogen-bond acceptors (Lipinski definition) is 6. The van der Waals surface area contributed by atoms with E-state index in [1.807, 2.05) is 19.9 Å². The van der Waals surface area contributed by atoms with Crippen molar-refractivity contribution in [3.05, 3.63) is 34.4 Å². The summed E-state index contributed by atoms with van der Waals surface area (Å²) in [5, 5.41) is 9.08. The third kappa shape index (κ3) is 4.54. The second-order valence-electron chi connectivity index (χ2n) is 5.21. The Morgan fingerprint density at radius 2 is 1.91 bits per heavy atom. The third-order valence-corrected chi connectivity index (χ3v) is 3.41. The van der Waals surface area contributed by atoms with E-state index in [1.54, 1.807) is 6.08 Å². The van der Waals surface area contributed by atoms with Crippen molar-refractivity contribution in [1.82, 2.24) is 0 Å². The van der Waals surface area contributed by atoms with Crippen LogP contribution in [-0.2, 0) is 24.0 Å². The van der Waals surface area contributed by atoms with E-state index in [9.17, 15) is 9.59 Å². The molecule has 22 heavy (non-hydrogen) atoms. The lowest BCUT2D eigenvalue weighted by molar-refractivity contribution is -0.268. The van der Waals surface area contributed by atoms with Crippen LogP contribution in [0.25, 0.3) is 0 Å². The predicted octanol–water partition coefficient (Wildman–Crippen LogP) is 2.56. The highest BCUT2D eigenvalue weighted by Crippen LogP contribution is 2.30. The second kappa shape index (κ2) is 8.51. The molecule has 0 aliphatic heterocycles. The van der Waals surface area contributed by atoms with E-state index >= 15 is 0 Å². The Labute approximate surface area is 130 Å². The van der Waals surface area contributed by atoms with Crippen molar-refractivity contribution in [2.24, 2.45) is 0 Å². The van der Waals surface area contributed by atoms with Gasteiger partial charge in [0, 0.05) is 6.42 Å². The van der Waals surface area contributed by atoms with Crippen LogP contribution in [0, 0.1) is 0 Å². The lowest BCUT2D eigenvalue weighted by atomic mass is 9.87. The predicted molar refractivity (Wildman–Crippen MR) is 79.9 cm³/mol. The number of methoxy groups -OCH3 is 2. The lowest BCUT2D eigenvalue weighted by Crippen LogP contribution is -2.26. The molecular weight excluding hydrogens is 288 g/mol. The minimum absolute atomic E-state index is 0.0638. The molecule has 1 N–H and O–H groups in total. The van der Waals surface area contributed by atoms with Crippen molar-refractivity contribution in [2.75, 3.05) is 14.2 Å². The van der Waals surface area contributed by atoms with Crippen molar-refractivity contribution in [3.8, 4) is 0 Å². The normalized spacial score (nSPS) is 17.7. The van der Waals surface area contributed by atoms with Crippen molar-refractivity contribution in [3.63, 3.8) is 0 Å². The van der Waals surface area contributed by atoms with Gasteiger partial charge in [0.05, 0.1) is 25.4 Å². The van der Waals surface area contributed by atoms with Crippen LogP contribution in [0.3, 0.4) is 0 Å². The molecule has 6 nitrogen and oxygen atoms in total. The zero-order valence-corrected chi connectivity index (χ0v) is 13.3. The highest BCUT2D eigenvalue weighted by Gasteiger charge is 2.31. The Hall–Kier alpha value is -1.92. The molecule has 0 aromatic carbocycles. The van der Waals surface area contributed by atoms with Crippen LogP contribution >= 0.6 is 0 Å². The second-order valence-corrected chi connectivity index (χ2v) is 5.21. The molecule has 0 aromatic heterocycles. The van der Waals surface area contributed by atoms with Gasteiger partial charge in [-0.15, -0.1) is 0 Å². The van der Waals surface area contributed by atoms with Crippen LogP contribution in [0.2, 0.25) is 0 Å². The molecule has 0 bridgehead atoms. The largest absolute Gasteiger partial charge is 0.466 e. The van der Waals surface area contributed by atoms with E-state index in [-0.39, 0.29) is 17.6 Å². The SMILES string of the molecule is COC(=O)C1=C(C(=O)OC)CC(OO)C(CCC=C(C)C)=C1. The average molecular weight is 310 g/mol. The molecule has 6 heteroatoms. The molecule has 0 aromatic rings. The highest BCUT2D eigenvalue weighted by atomic mass is 17.1. The molecule has 0 amide bonds. The fourth-order valence-corrected chi connectivity index (χ4v) is 2.27. The lowest BCUT2D eigenvalue weighted by Gasteiger charge is -2.24. The Balaban J connectivity index is 3.14. The average Bonchev–Trinajstić information content (AvgIpc) is 2.52. The minimum Gasteiger partial charge on any atom is -0.466 e. The van der Waals surface area contributed by atoms with Gasteiger partial charge in [0.1, 0.15) is 6.10 Å². The van der Waals surface area contributed by atoms with E-state index in [1.165, 1.54) is 19.8 Å². The maximum absolute atomic E-state index is 11.9. The Kier molecular flexibility index (Phi) is 7.01. The van der Waals surface area contributed by atoms with Gasteiger partial charge in [-0.2, -0.15) is 0 Å². The van der Waals surface area contributed by atoms with E-state index < -0.39 is 18.0 Å². The van der Waals surface area contributed by atoms with Crippen LogP contribution in [-0.4, -0.2) is 37.5 Å². The van der Waals surface area contributed by atoms with Gasteiger partial charge in [0.15, 0.2) is 0 Å². The number of esters is 2. The summed E-state index contributed by atoms with van der Waals surface area (Å²) in [6.45, 7) is 3.98. The first kappa shape index (κ1) is 18.1. The van der Waals surface area contributed by atoms with Crippen LogP contribution < -0.4 is 0 Å². The zero-order chi connectivity index (χ0) is 16.7. The maximum atomic E-state index is 11.9. The quantitative estimate of drug-likeness (QED) is 0.351. The first-order chi connectivity index (χ1) is 10.4. The molecule has 0 fully saturated rings. The highest BCUT2D eigenvalue weighted by molar-refractivity contribution is 6.03. The van der Waals surface area contributed by atoms with Crippen molar-refractivity contribution in [1.29, 1.82) is 0 Å². The summed E-state index contributed by atoms with van der Waals surface area (Å²) in [5.74, 6) is -1.25. The van der Waals surface area contributed by atoms with Gasteiger partial charge in [-0.1, -0.05) is 11.6 Å². The van der Waals surface area contributed by atoms with Crippen LogP contribution in [0.1, 0.15) is 33.1 Å². The summed E-state index contributed by atoms with van der Waals surface area (Å²) in [4.78, 5) is 28.1. The molecule has 0 radical (unpaired) electrons. The molecule has 0 heterocycles. The van der Waals surface area contributed by atoms with Gasteiger partial charge < -0.3 is 9.47 Å². The van der Waals surface area contributed by atoms with E-state index in [4.69, 9.17) is 9.99 Å². The van der Waals surface area contributed by atoms with Crippen molar-refractivity contribution in [2.45, 2.75) is 39.2 Å². The van der Waals surface area contributed by atoms with Crippen LogP contribution in [0.15, 0.2) is 34.4 Å². The summed E-state index contributed by atoms with van der Waals surface area (Å²) < 4.78 is 9.38. The van der Waals surface area contributed by atoms with Gasteiger partial charge in [-0.05, 0) is 38.3 Å². The smallest absolute Gasteiger partial charge is 0.338 e. The topological polar surface area (TPSA) is 82.1 Å². The molecule has 0 saturated heterocycles. The molecule has 122 valence electrons. The standard InChI is InChI=1S/C16H22O6/c1-10(2)6-5-7-11-8-12(15(17)20-3)13(16(18)21-4)9-14(11)22-19/h6,8,14,19H,5,7,9H2,1-4H3. The molecule has 1 aliphatic rings. The number of rotatable bonds is 6. The van der Waals surface area contributed by atoms with E-state index in [0.29, 0.717) is 6.42 Å². The van der Waals surface area contributed by atoms with E-state index in [0.717, 1.165) is 12.0 Å². The molecule has 0 saturated carbocycles. The summed E-state index contributed by atoms with van der Waals surface area (Å²) >= 11 is 0. The number of hydrogen-bond donors (Lipinski definition) is 1. The van der Waals surface area contributed by atoms with Crippen molar-refractivity contribution < 1.29 is 29.2 Å². The molecule has 0 spiro atoms. The molecule has 1 rings (SSSR count). The Morgan fingerprint density at radius 3 is 2.41 bits per heavy atom. The first-order valence-corrected chi connectivity index (χ1v) is 6.98. The number of ether oxygens (including phenoxy) is 2. The Morgan fingerprint density at radius 1 is 1.27 bits per heavy atom. The third-order valence-electron chi connectivity index (χ3n) is 3.41. The van der Waals surface area contributed by atoms with Crippen LogP contribution in [0.5, 0.6) is 0 Å². The zero-order valence-electron chi connectivity index (χ0n) is 13.3. The van der Waals surface area contributed by atoms with E-state index in [2.05, 4.69) is 9.62 Å². The van der Waals surface area contributed by atoms with Gasteiger partial charge >= 0.3 is 11.9 Å². The van der Waals surface area contributed by atoms with Gasteiger partial charge in [0.2, 0.25) is 0 Å². The molecule has 1 unspecified atom stereocenters. The summed E-state index contributed by atoms with van der Waals surface area (Å²) in [6.07, 6.45) is 4.33. The first-order valence-electron chi connectivity index (χ1n) is 6.98. The summed E-state index contributed by atoms with van der Waals surface area (Å²) in [6, 6.07) is 0. The van der Waals surface area contributed by atoms with Gasteiger partial charge in [-0.25, -0.2) is 14.5 Å². The molecular formula is C16H22O6. The van der Waals surface area contributed by atoms with Gasteiger partial charge in [-0.3, -0.25) is 5.26 Å². The maximum Gasteiger partial charge on any atom is 0.338 e. The summed E-state index contributed by atoms with van der Waals surface area (Å²) in [7, 11) is 2.47. The molecule has 1 aliphatic carbocycles. The van der Waals surface area contributed by atoms with Crippen LogP contribution in [0.4, 0.5) is 0 Å². The molecule has 1 atom stereocenters. The fraction of sp³-hybridized carbons (Fsp3) is 0.500. The summed E-state index contributed by atoms with van der Waals surface area (Å²) in [5.41, 5.74) is 2.19. The van der Waals surface area contributed by atoms with Gasteiger partial charge in [0.25, 0.3) is 0 Å². The van der Waals surface area contributed by atoms with Crippen molar-refractivity contribution >= 4 is 11.9 Å². The minimum atomic E-state index is -0.673. The monoisotopic (exact) mass is 310 g/mol.